The molecule has 3 rings (SSSR count). The van der Waals surface area contributed by atoms with Gasteiger partial charge in [-0.3, -0.25) is 4.57 Å². The molecule has 0 bridgehead atoms. The zero-order chi connectivity index (χ0) is 13.2. The van der Waals surface area contributed by atoms with Gasteiger partial charge in [-0.1, -0.05) is 49.6 Å². The second-order valence-corrected chi connectivity index (χ2v) is 4.32. The van der Waals surface area contributed by atoms with Crippen molar-refractivity contribution in [2.45, 2.75) is 0 Å². The summed E-state index contributed by atoms with van der Waals surface area (Å²) in [5.41, 5.74) is 3.94. The Balaban J connectivity index is 2.37. The van der Waals surface area contributed by atoms with Gasteiger partial charge in [0.05, 0.1) is 11.0 Å². The molecule has 0 saturated heterocycles. The third-order valence-electron chi connectivity index (χ3n) is 3.11. The summed E-state index contributed by atoms with van der Waals surface area (Å²) in [6.45, 7) is 7.81. The molecule has 0 atom stereocenters. The lowest BCUT2D eigenvalue weighted by Crippen LogP contribution is -1.99. The van der Waals surface area contributed by atoms with Crippen LogP contribution in [0.1, 0.15) is 5.82 Å². The monoisotopic (exact) mass is 246 g/mol. The van der Waals surface area contributed by atoms with E-state index in [2.05, 4.69) is 40.9 Å². The number of imidazole rings is 1. The van der Waals surface area contributed by atoms with Crippen LogP contribution in [-0.2, 0) is 0 Å². The standard InChI is InChI=1S/C17H14N2/c1-3-13(2)17-18-15-11-7-8-12-16(15)19(17)14-9-5-4-6-10-14/h3-12H,1-2H2. The average Bonchev–Trinajstić information content (AvgIpc) is 2.86. The van der Waals surface area contributed by atoms with Crippen LogP contribution < -0.4 is 0 Å². The lowest BCUT2D eigenvalue weighted by molar-refractivity contribution is 1.06. The molecule has 0 aliphatic carbocycles. The molecular weight excluding hydrogens is 232 g/mol. The van der Waals surface area contributed by atoms with E-state index in [1.165, 1.54) is 0 Å². The zero-order valence-corrected chi connectivity index (χ0v) is 10.6. The predicted molar refractivity (Wildman–Crippen MR) is 80.3 cm³/mol. The maximum Gasteiger partial charge on any atom is 0.145 e. The highest BCUT2D eigenvalue weighted by Gasteiger charge is 2.12. The van der Waals surface area contributed by atoms with Crippen molar-refractivity contribution < 1.29 is 0 Å². The van der Waals surface area contributed by atoms with Crippen LogP contribution in [0.4, 0.5) is 0 Å². The minimum atomic E-state index is 0.819. The van der Waals surface area contributed by atoms with Crippen LogP contribution in [0.3, 0.4) is 0 Å². The van der Waals surface area contributed by atoms with Gasteiger partial charge in [0.2, 0.25) is 0 Å². The maximum absolute atomic E-state index is 4.65. The number of aromatic nitrogens is 2. The second-order valence-electron chi connectivity index (χ2n) is 4.32. The van der Waals surface area contributed by atoms with Crippen molar-refractivity contribution in [3.63, 3.8) is 0 Å². The molecule has 2 nitrogen and oxygen atoms in total. The minimum absolute atomic E-state index is 0.819. The van der Waals surface area contributed by atoms with Crippen LogP contribution in [0.2, 0.25) is 0 Å². The van der Waals surface area contributed by atoms with Gasteiger partial charge in [-0.25, -0.2) is 4.98 Å². The van der Waals surface area contributed by atoms with Gasteiger partial charge in [0, 0.05) is 11.3 Å². The Hall–Kier alpha value is -2.61. The van der Waals surface area contributed by atoms with Gasteiger partial charge in [0.1, 0.15) is 5.82 Å². The number of fused-ring (bicyclic) bond motifs is 1. The highest BCUT2D eigenvalue weighted by atomic mass is 15.1. The Morgan fingerprint density at radius 1 is 1.00 bits per heavy atom. The Kier molecular flexibility index (Phi) is 2.76. The maximum atomic E-state index is 4.65. The number of hydrogen-bond acceptors (Lipinski definition) is 1. The van der Waals surface area contributed by atoms with Crippen LogP contribution in [-0.4, -0.2) is 9.55 Å². The molecule has 1 aromatic heterocycles. The van der Waals surface area contributed by atoms with E-state index in [0.29, 0.717) is 0 Å². The fourth-order valence-electron chi connectivity index (χ4n) is 2.17. The summed E-state index contributed by atoms with van der Waals surface area (Å²) in [5.74, 6) is 0.836. The van der Waals surface area contributed by atoms with E-state index in [-0.39, 0.29) is 0 Å². The van der Waals surface area contributed by atoms with Gasteiger partial charge in [0.15, 0.2) is 0 Å². The molecule has 19 heavy (non-hydrogen) atoms. The van der Waals surface area contributed by atoms with Gasteiger partial charge in [-0.15, -0.1) is 0 Å². The van der Waals surface area contributed by atoms with Gasteiger partial charge < -0.3 is 0 Å². The van der Waals surface area contributed by atoms with E-state index in [1.54, 1.807) is 6.08 Å². The fourth-order valence-corrected chi connectivity index (χ4v) is 2.17. The molecule has 2 aromatic carbocycles. The van der Waals surface area contributed by atoms with Gasteiger partial charge in [0.25, 0.3) is 0 Å². The molecule has 92 valence electrons. The number of hydrogen-bond donors (Lipinski definition) is 0. The molecule has 0 radical (unpaired) electrons. The average molecular weight is 246 g/mol. The lowest BCUT2D eigenvalue weighted by atomic mass is 10.2. The molecule has 0 fully saturated rings. The Morgan fingerprint density at radius 3 is 2.42 bits per heavy atom. The normalized spacial score (nSPS) is 10.5. The largest absolute Gasteiger partial charge is 0.292 e. The highest BCUT2D eigenvalue weighted by molar-refractivity contribution is 5.83. The quantitative estimate of drug-likeness (QED) is 0.632. The van der Waals surface area contributed by atoms with Crippen molar-refractivity contribution in [1.29, 1.82) is 0 Å². The second kappa shape index (κ2) is 4.58. The number of para-hydroxylation sites is 3. The summed E-state index contributed by atoms with van der Waals surface area (Å²) in [7, 11) is 0. The van der Waals surface area contributed by atoms with Crippen LogP contribution in [0, 0.1) is 0 Å². The first-order valence-electron chi connectivity index (χ1n) is 6.16. The van der Waals surface area contributed by atoms with Gasteiger partial charge in [-0.05, 0) is 24.3 Å². The third kappa shape index (κ3) is 1.87. The summed E-state index contributed by atoms with van der Waals surface area (Å²) in [5, 5.41) is 0. The van der Waals surface area contributed by atoms with Crippen molar-refractivity contribution in [2.75, 3.05) is 0 Å². The first-order chi connectivity index (χ1) is 9.31. The van der Waals surface area contributed by atoms with Crippen LogP contribution in [0.15, 0.2) is 73.8 Å². The highest BCUT2D eigenvalue weighted by Crippen LogP contribution is 2.25. The molecule has 0 amide bonds. The molecule has 0 aliphatic rings. The summed E-state index contributed by atoms with van der Waals surface area (Å²) in [4.78, 5) is 4.65. The van der Waals surface area contributed by atoms with Crippen LogP contribution in [0.25, 0.3) is 22.3 Å². The number of benzene rings is 2. The Bertz CT molecular complexity index is 751. The topological polar surface area (TPSA) is 17.8 Å². The van der Waals surface area contributed by atoms with Gasteiger partial charge in [-0.2, -0.15) is 0 Å². The molecule has 0 aliphatic heterocycles. The molecule has 0 N–H and O–H groups in total. The lowest BCUT2D eigenvalue weighted by Gasteiger charge is -2.08. The van der Waals surface area contributed by atoms with E-state index in [1.807, 2.05) is 36.4 Å². The SMILES string of the molecule is C=CC(=C)c1nc2ccccc2n1-c1ccccc1. The third-order valence-corrected chi connectivity index (χ3v) is 3.11. The number of allylic oxidation sites excluding steroid dienone is 2. The van der Waals surface area contributed by atoms with E-state index < -0.39 is 0 Å². The van der Waals surface area contributed by atoms with E-state index in [0.717, 1.165) is 28.1 Å². The minimum Gasteiger partial charge on any atom is -0.292 e. The van der Waals surface area contributed by atoms with Crippen molar-refractivity contribution >= 4 is 16.6 Å². The number of rotatable bonds is 3. The van der Waals surface area contributed by atoms with Crippen molar-refractivity contribution in [3.05, 3.63) is 79.7 Å². The first-order valence-corrected chi connectivity index (χ1v) is 6.16. The molecule has 0 unspecified atom stereocenters. The van der Waals surface area contributed by atoms with Gasteiger partial charge >= 0.3 is 0 Å². The summed E-state index contributed by atoms with van der Waals surface area (Å²) < 4.78 is 2.11. The van der Waals surface area contributed by atoms with Crippen LogP contribution >= 0.6 is 0 Å². The smallest absolute Gasteiger partial charge is 0.145 e. The summed E-state index contributed by atoms with van der Waals surface area (Å²) in [6, 6.07) is 18.3. The molecule has 0 saturated carbocycles. The first kappa shape index (κ1) is 11.5. The molecule has 1 heterocycles. The molecule has 2 heteroatoms. The van der Waals surface area contributed by atoms with E-state index in [4.69, 9.17) is 0 Å². The van der Waals surface area contributed by atoms with Crippen molar-refractivity contribution in [2.24, 2.45) is 0 Å². The number of nitrogens with zero attached hydrogens (tertiary/aromatic N) is 2. The predicted octanol–water partition coefficient (Wildman–Crippen LogP) is 4.22. The Labute approximate surface area is 112 Å². The Morgan fingerprint density at radius 2 is 1.68 bits per heavy atom. The van der Waals surface area contributed by atoms with Crippen molar-refractivity contribution in [3.8, 4) is 5.69 Å². The fraction of sp³-hybridized carbons (Fsp3) is 0. The molecule has 3 aromatic rings. The molecular formula is C17H14N2. The van der Waals surface area contributed by atoms with Crippen LogP contribution in [0.5, 0.6) is 0 Å². The summed E-state index contributed by atoms with van der Waals surface area (Å²) >= 11 is 0. The summed E-state index contributed by atoms with van der Waals surface area (Å²) in [6.07, 6.45) is 1.74. The van der Waals surface area contributed by atoms with Crippen molar-refractivity contribution in [1.82, 2.24) is 9.55 Å². The van der Waals surface area contributed by atoms with E-state index >= 15 is 0 Å². The molecule has 0 spiro atoms. The van der Waals surface area contributed by atoms with E-state index in [9.17, 15) is 0 Å². The zero-order valence-electron chi connectivity index (χ0n) is 10.6.